The molecule has 37 heavy (non-hydrogen) atoms. The summed E-state index contributed by atoms with van der Waals surface area (Å²) in [5, 5.41) is 15.0. The first kappa shape index (κ1) is 24.4. The van der Waals surface area contributed by atoms with E-state index in [2.05, 4.69) is 22.8 Å². The zero-order chi connectivity index (χ0) is 25.8. The molecule has 1 fully saturated rings. The zero-order valence-electron chi connectivity index (χ0n) is 20.2. The van der Waals surface area contributed by atoms with Crippen LogP contribution in [0, 0.1) is 0 Å². The van der Waals surface area contributed by atoms with E-state index in [0.29, 0.717) is 12.8 Å². The zero-order valence-corrected chi connectivity index (χ0v) is 20.2. The number of fused-ring (bicyclic) bond motifs is 3. The smallest absolute Gasteiger partial charge is 0.407 e. The molecule has 0 saturated carbocycles. The lowest BCUT2D eigenvalue weighted by atomic mass is 9.98. The van der Waals surface area contributed by atoms with Crippen LogP contribution in [0.15, 0.2) is 72.8 Å². The molecule has 0 radical (unpaired) electrons. The SMILES string of the molecule is O=C1CCC(CNC(=O)[C@H](Cc2ccc(O)cc2)NC(=O)OCC2c3ccccc3-c3ccccc32)O1. The van der Waals surface area contributed by atoms with Crippen molar-refractivity contribution in [1.29, 1.82) is 0 Å². The summed E-state index contributed by atoms with van der Waals surface area (Å²) in [6, 6.07) is 21.6. The van der Waals surface area contributed by atoms with Crippen LogP contribution in [0.25, 0.3) is 11.1 Å². The first-order chi connectivity index (χ1) is 18.0. The molecule has 3 aromatic rings. The lowest BCUT2D eigenvalue weighted by molar-refractivity contribution is -0.141. The largest absolute Gasteiger partial charge is 0.508 e. The molecule has 0 aromatic heterocycles. The number of aromatic hydroxyl groups is 1. The van der Waals surface area contributed by atoms with E-state index in [1.807, 2.05) is 36.4 Å². The highest BCUT2D eigenvalue weighted by Crippen LogP contribution is 2.44. The number of carbonyl (C=O) groups is 3. The highest BCUT2D eigenvalue weighted by molar-refractivity contribution is 5.86. The number of ether oxygens (including phenoxy) is 2. The molecule has 2 aliphatic rings. The summed E-state index contributed by atoms with van der Waals surface area (Å²) in [6.07, 6.45) is -0.00839. The van der Waals surface area contributed by atoms with Crippen LogP contribution in [-0.2, 0) is 25.5 Å². The number of carbonyl (C=O) groups excluding carboxylic acids is 3. The highest BCUT2D eigenvalue weighted by Gasteiger charge is 2.30. The van der Waals surface area contributed by atoms with Crippen molar-refractivity contribution in [2.24, 2.45) is 0 Å². The van der Waals surface area contributed by atoms with Gasteiger partial charge in [-0.05, 0) is 46.4 Å². The number of benzene rings is 3. The molecule has 2 atom stereocenters. The Bertz CT molecular complexity index is 1260. The maximum atomic E-state index is 13.0. The Morgan fingerprint density at radius 1 is 0.973 bits per heavy atom. The van der Waals surface area contributed by atoms with E-state index < -0.39 is 18.0 Å². The van der Waals surface area contributed by atoms with Gasteiger partial charge < -0.3 is 25.2 Å². The molecule has 8 nitrogen and oxygen atoms in total. The Morgan fingerprint density at radius 2 is 1.62 bits per heavy atom. The van der Waals surface area contributed by atoms with Crippen molar-refractivity contribution in [3.05, 3.63) is 89.5 Å². The first-order valence-corrected chi connectivity index (χ1v) is 12.3. The third-order valence-electron chi connectivity index (χ3n) is 6.80. The lowest BCUT2D eigenvalue weighted by Crippen LogP contribution is -2.49. The number of hydrogen-bond donors (Lipinski definition) is 3. The van der Waals surface area contributed by atoms with Crippen molar-refractivity contribution in [1.82, 2.24) is 10.6 Å². The average molecular weight is 501 g/mol. The van der Waals surface area contributed by atoms with Crippen molar-refractivity contribution in [2.45, 2.75) is 37.3 Å². The fraction of sp³-hybridized carbons (Fsp3) is 0.276. The standard InChI is InChI=1S/C29H28N2O6/c32-19-11-9-18(10-12-19)15-26(28(34)30-16-20-13-14-27(33)37-20)31-29(35)36-17-25-23-7-3-1-5-21(23)22-6-2-4-8-24(22)25/h1-12,20,25-26,32H,13-17H2,(H,30,34)(H,31,35)/t20?,26-/m0/s1. The quantitative estimate of drug-likeness (QED) is 0.407. The number of amides is 2. The van der Waals surface area contributed by atoms with Gasteiger partial charge in [-0.2, -0.15) is 0 Å². The molecule has 1 heterocycles. The predicted octanol–water partition coefficient (Wildman–Crippen LogP) is 3.66. The van der Waals surface area contributed by atoms with Crippen molar-refractivity contribution in [3.8, 4) is 16.9 Å². The summed E-state index contributed by atoms with van der Waals surface area (Å²) in [5.74, 6) is -0.682. The number of rotatable bonds is 8. The number of phenolic OH excluding ortho intramolecular Hbond substituents is 1. The number of alkyl carbamates (subject to hydrolysis) is 1. The number of phenols is 1. The maximum absolute atomic E-state index is 13.0. The van der Waals surface area contributed by atoms with Crippen LogP contribution in [0.3, 0.4) is 0 Å². The second-order valence-corrected chi connectivity index (χ2v) is 9.29. The number of cyclic esters (lactones) is 1. The van der Waals surface area contributed by atoms with E-state index >= 15 is 0 Å². The van der Waals surface area contributed by atoms with Gasteiger partial charge in [0.05, 0.1) is 6.54 Å². The molecule has 190 valence electrons. The van der Waals surface area contributed by atoms with E-state index in [9.17, 15) is 19.5 Å². The van der Waals surface area contributed by atoms with E-state index in [0.717, 1.165) is 27.8 Å². The van der Waals surface area contributed by atoms with E-state index in [1.54, 1.807) is 12.1 Å². The van der Waals surface area contributed by atoms with Gasteiger partial charge in [0, 0.05) is 18.8 Å². The molecular weight excluding hydrogens is 472 g/mol. The number of esters is 1. The van der Waals surface area contributed by atoms with Crippen molar-refractivity contribution in [2.75, 3.05) is 13.2 Å². The van der Waals surface area contributed by atoms with E-state index in [1.165, 1.54) is 12.1 Å². The molecule has 8 heteroatoms. The van der Waals surface area contributed by atoms with Crippen LogP contribution >= 0.6 is 0 Å². The highest BCUT2D eigenvalue weighted by atomic mass is 16.6. The maximum Gasteiger partial charge on any atom is 0.407 e. The first-order valence-electron chi connectivity index (χ1n) is 12.3. The van der Waals surface area contributed by atoms with Gasteiger partial charge >= 0.3 is 12.1 Å². The van der Waals surface area contributed by atoms with Gasteiger partial charge in [-0.15, -0.1) is 0 Å². The minimum Gasteiger partial charge on any atom is -0.508 e. The molecule has 0 bridgehead atoms. The predicted molar refractivity (Wildman–Crippen MR) is 136 cm³/mol. The Hall–Kier alpha value is -4.33. The summed E-state index contributed by atoms with van der Waals surface area (Å²) >= 11 is 0. The third kappa shape index (κ3) is 5.58. The number of hydrogen-bond acceptors (Lipinski definition) is 6. The second-order valence-electron chi connectivity index (χ2n) is 9.29. The average Bonchev–Trinajstić information content (AvgIpc) is 3.47. The molecule has 3 N–H and O–H groups in total. The molecule has 1 aliphatic carbocycles. The molecule has 1 aliphatic heterocycles. The summed E-state index contributed by atoms with van der Waals surface area (Å²) in [6.45, 7) is 0.300. The molecule has 3 aromatic carbocycles. The summed E-state index contributed by atoms with van der Waals surface area (Å²) < 4.78 is 10.8. The van der Waals surface area contributed by atoms with Gasteiger partial charge in [0.25, 0.3) is 0 Å². The lowest BCUT2D eigenvalue weighted by Gasteiger charge is -2.21. The number of nitrogens with one attached hydrogen (secondary N) is 2. The normalized spacial score (nSPS) is 16.9. The molecule has 1 unspecified atom stereocenters. The minimum atomic E-state index is -0.919. The Balaban J connectivity index is 1.25. The monoisotopic (exact) mass is 500 g/mol. The van der Waals surface area contributed by atoms with Crippen LogP contribution in [0.1, 0.15) is 35.4 Å². The molecule has 5 rings (SSSR count). The van der Waals surface area contributed by atoms with Gasteiger partial charge in [0.1, 0.15) is 24.5 Å². The van der Waals surface area contributed by atoms with Crippen LogP contribution in [0.2, 0.25) is 0 Å². The minimum absolute atomic E-state index is 0.0976. The topological polar surface area (TPSA) is 114 Å². The van der Waals surface area contributed by atoms with Crippen LogP contribution in [0.4, 0.5) is 4.79 Å². The van der Waals surface area contributed by atoms with Crippen molar-refractivity contribution < 1.29 is 29.0 Å². The Labute approximate surface area is 214 Å². The van der Waals surface area contributed by atoms with Gasteiger partial charge in [-0.3, -0.25) is 9.59 Å². The van der Waals surface area contributed by atoms with Gasteiger partial charge in [0.15, 0.2) is 0 Å². The van der Waals surface area contributed by atoms with Crippen LogP contribution in [0.5, 0.6) is 5.75 Å². The van der Waals surface area contributed by atoms with Crippen LogP contribution < -0.4 is 10.6 Å². The molecular formula is C29H28N2O6. The molecule has 2 amide bonds. The third-order valence-corrected chi connectivity index (χ3v) is 6.80. The van der Waals surface area contributed by atoms with Crippen molar-refractivity contribution >= 4 is 18.0 Å². The molecule has 0 spiro atoms. The van der Waals surface area contributed by atoms with Gasteiger partial charge in [-0.1, -0.05) is 60.7 Å². The van der Waals surface area contributed by atoms with Gasteiger partial charge in [-0.25, -0.2) is 4.79 Å². The summed E-state index contributed by atoms with van der Waals surface area (Å²) in [5.41, 5.74) is 5.21. The van der Waals surface area contributed by atoms with Crippen molar-refractivity contribution in [3.63, 3.8) is 0 Å². The fourth-order valence-electron chi connectivity index (χ4n) is 4.92. The van der Waals surface area contributed by atoms with Crippen LogP contribution in [-0.4, -0.2) is 48.4 Å². The summed E-state index contributed by atoms with van der Waals surface area (Å²) in [7, 11) is 0. The Kier molecular flexibility index (Phi) is 7.07. The summed E-state index contributed by atoms with van der Waals surface area (Å²) in [4.78, 5) is 37.2. The van der Waals surface area contributed by atoms with E-state index in [4.69, 9.17) is 9.47 Å². The van der Waals surface area contributed by atoms with Gasteiger partial charge in [0.2, 0.25) is 5.91 Å². The van der Waals surface area contributed by atoms with E-state index in [-0.39, 0.29) is 43.3 Å². The molecule has 1 saturated heterocycles. The Morgan fingerprint density at radius 3 is 2.24 bits per heavy atom. The fourth-order valence-corrected chi connectivity index (χ4v) is 4.92. The second kappa shape index (κ2) is 10.7.